The van der Waals surface area contributed by atoms with Gasteiger partial charge in [-0.05, 0) is 57.8 Å². The van der Waals surface area contributed by atoms with Crippen LogP contribution in [0.3, 0.4) is 0 Å². The summed E-state index contributed by atoms with van der Waals surface area (Å²) in [5.41, 5.74) is 3.65. The number of aromatic nitrogens is 1. The number of nitrogens with one attached hydrogen (secondary N) is 1. The summed E-state index contributed by atoms with van der Waals surface area (Å²) in [6.45, 7) is 3.73. The minimum atomic E-state index is 0.536. The minimum absolute atomic E-state index is 0.536. The molecule has 6 heteroatoms. The quantitative estimate of drug-likeness (QED) is 0.785. The Morgan fingerprint density at radius 1 is 1.14 bits per heavy atom. The molecule has 0 spiro atoms. The first-order valence-electron chi connectivity index (χ1n) is 6.14. The Kier molecular flexibility index (Phi) is 4.86. The van der Waals surface area contributed by atoms with Gasteiger partial charge in [0.05, 0.1) is 34.2 Å². The molecule has 0 aliphatic carbocycles. The molecule has 0 aliphatic rings. The number of aryl methyl sites for hydroxylation is 2. The Bertz CT molecular complexity index is 739. The van der Waals surface area contributed by atoms with Crippen LogP contribution >= 0.6 is 31.9 Å². The number of pyridine rings is 1. The van der Waals surface area contributed by atoms with Gasteiger partial charge >= 0.3 is 0 Å². The number of ether oxygens (including phenoxy) is 1. The van der Waals surface area contributed by atoms with Gasteiger partial charge in [-0.2, -0.15) is 5.26 Å². The molecule has 0 aliphatic heterocycles. The Labute approximate surface area is 140 Å². The SMILES string of the molecule is COc1cc(Nc2cc(C)nc(C)c2C#N)c(Br)cc1Br. The van der Waals surface area contributed by atoms with Crippen molar-refractivity contribution in [3.8, 4) is 11.8 Å². The van der Waals surface area contributed by atoms with Gasteiger partial charge in [0.2, 0.25) is 0 Å². The number of nitriles is 1. The summed E-state index contributed by atoms with van der Waals surface area (Å²) >= 11 is 6.94. The van der Waals surface area contributed by atoms with E-state index in [0.717, 1.165) is 26.0 Å². The predicted octanol–water partition coefficient (Wildman–Crippen LogP) is 4.85. The molecular formula is C15H13Br2N3O. The lowest BCUT2D eigenvalue weighted by molar-refractivity contribution is 0.412. The van der Waals surface area contributed by atoms with Crippen molar-refractivity contribution in [3.05, 3.63) is 44.1 Å². The van der Waals surface area contributed by atoms with Crippen LogP contribution in [0.1, 0.15) is 17.0 Å². The van der Waals surface area contributed by atoms with E-state index >= 15 is 0 Å². The molecule has 108 valence electrons. The van der Waals surface area contributed by atoms with E-state index in [-0.39, 0.29) is 0 Å². The largest absolute Gasteiger partial charge is 0.495 e. The molecular weight excluding hydrogens is 398 g/mol. The average molecular weight is 411 g/mol. The van der Waals surface area contributed by atoms with Crippen LogP contribution in [-0.4, -0.2) is 12.1 Å². The maximum atomic E-state index is 9.31. The lowest BCUT2D eigenvalue weighted by Gasteiger charge is -2.14. The highest BCUT2D eigenvalue weighted by molar-refractivity contribution is 9.11. The zero-order valence-corrected chi connectivity index (χ0v) is 15.0. The van der Waals surface area contributed by atoms with Gasteiger partial charge in [0.15, 0.2) is 0 Å². The van der Waals surface area contributed by atoms with Crippen LogP contribution in [0.15, 0.2) is 27.1 Å². The van der Waals surface area contributed by atoms with Crippen LogP contribution in [0.2, 0.25) is 0 Å². The van der Waals surface area contributed by atoms with E-state index in [1.165, 1.54) is 0 Å². The predicted molar refractivity (Wildman–Crippen MR) is 90.1 cm³/mol. The molecule has 1 aromatic carbocycles. The van der Waals surface area contributed by atoms with Crippen molar-refractivity contribution in [1.82, 2.24) is 4.98 Å². The second-order valence-corrected chi connectivity index (χ2v) is 6.18. The van der Waals surface area contributed by atoms with E-state index < -0.39 is 0 Å². The van der Waals surface area contributed by atoms with Crippen molar-refractivity contribution in [2.24, 2.45) is 0 Å². The van der Waals surface area contributed by atoms with E-state index in [0.29, 0.717) is 17.0 Å². The number of anilines is 2. The van der Waals surface area contributed by atoms with Gasteiger partial charge in [-0.3, -0.25) is 4.98 Å². The molecule has 1 heterocycles. The van der Waals surface area contributed by atoms with E-state index in [2.05, 4.69) is 48.2 Å². The minimum Gasteiger partial charge on any atom is -0.495 e. The number of benzene rings is 1. The fourth-order valence-electron chi connectivity index (χ4n) is 1.99. The first-order chi connectivity index (χ1) is 9.96. The van der Waals surface area contributed by atoms with E-state index in [1.54, 1.807) is 7.11 Å². The number of rotatable bonds is 3. The molecule has 2 rings (SSSR count). The van der Waals surface area contributed by atoms with Gasteiger partial charge in [-0.15, -0.1) is 0 Å². The summed E-state index contributed by atoms with van der Waals surface area (Å²) in [5, 5.41) is 12.6. The number of hydrogen-bond acceptors (Lipinski definition) is 4. The molecule has 2 aromatic rings. The molecule has 21 heavy (non-hydrogen) atoms. The van der Waals surface area contributed by atoms with Crippen LogP contribution in [-0.2, 0) is 0 Å². The van der Waals surface area contributed by atoms with Gasteiger partial charge in [-0.25, -0.2) is 0 Å². The van der Waals surface area contributed by atoms with Crippen molar-refractivity contribution in [1.29, 1.82) is 5.26 Å². The highest BCUT2D eigenvalue weighted by Crippen LogP contribution is 2.36. The third-order valence-electron chi connectivity index (χ3n) is 2.95. The van der Waals surface area contributed by atoms with Crippen molar-refractivity contribution in [2.75, 3.05) is 12.4 Å². The maximum Gasteiger partial charge on any atom is 0.135 e. The Balaban J connectivity index is 2.51. The first-order valence-corrected chi connectivity index (χ1v) is 7.73. The topological polar surface area (TPSA) is 57.9 Å². The maximum absolute atomic E-state index is 9.31. The third kappa shape index (κ3) is 3.36. The van der Waals surface area contributed by atoms with Crippen LogP contribution in [0.25, 0.3) is 0 Å². The van der Waals surface area contributed by atoms with Crippen LogP contribution in [0.5, 0.6) is 5.75 Å². The normalized spacial score (nSPS) is 10.1. The van der Waals surface area contributed by atoms with Gasteiger partial charge < -0.3 is 10.1 Å². The second-order valence-electron chi connectivity index (χ2n) is 4.48. The fraction of sp³-hybridized carbons (Fsp3) is 0.200. The Morgan fingerprint density at radius 2 is 1.86 bits per heavy atom. The van der Waals surface area contributed by atoms with Crippen molar-refractivity contribution < 1.29 is 4.74 Å². The highest BCUT2D eigenvalue weighted by atomic mass is 79.9. The smallest absolute Gasteiger partial charge is 0.135 e. The summed E-state index contributed by atoms with van der Waals surface area (Å²) in [6, 6.07) is 7.80. The van der Waals surface area contributed by atoms with Crippen molar-refractivity contribution >= 4 is 43.2 Å². The molecule has 4 nitrogen and oxygen atoms in total. The lowest BCUT2D eigenvalue weighted by Crippen LogP contribution is -2.00. The second kappa shape index (κ2) is 6.46. The number of methoxy groups -OCH3 is 1. The molecule has 0 radical (unpaired) electrons. The van der Waals surface area contributed by atoms with E-state index in [1.807, 2.05) is 32.0 Å². The lowest BCUT2D eigenvalue weighted by atomic mass is 10.1. The van der Waals surface area contributed by atoms with Gasteiger partial charge in [0, 0.05) is 16.2 Å². The van der Waals surface area contributed by atoms with Crippen molar-refractivity contribution in [3.63, 3.8) is 0 Å². The van der Waals surface area contributed by atoms with Crippen molar-refractivity contribution in [2.45, 2.75) is 13.8 Å². The van der Waals surface area contributed by atoms with Crippen LogP contribution < -0.4 is 10.1 Å². The van der Waals surface area contributed by atoms with Crippen LogP contribution in [0, 0.1) is 25.2 Å². The summed E-state index contributed by atoms with van der Waals surface area (Å²) in [5.74, 6) is 0.710. The number of hydrogen-bond donors (Lipinski definition) is 1. The monoisotopic (exact) mass is 409 g/mol. The molecule has 1 N–H and O–H groups in total. The highest BCUT2D eigenvalue weighted by Gasteiger charge is 2.12. The van der Waals surface area contributed by atoms with Crippen LogP contribution in [0.4, 0.5) is 11.4 Å². The summed E-state index contributed by atoms with van der Waals surface area (Å²) in [6.07, 6.45) is 0. The first kappa shape index (κ1) is 15.8. The molecule has 0 bridgehead atoms. The average Bonchev–Trinajstić information content (AvgIpc) is 2.41. The third-order valence-corrected chi connectivity index (χ3v) is 4.23. The van der Waals surface area contributed by atoms with E-state index in [9.17, 15) is 5.26 Å². The van der Waals surface area contributed by atoms with E-state index in [4.69, 9.17) is 4.74 Å². The number of nitrogens with zero attached hydrogens (tertiary/aromatic N) is 2. The zero-order valence-electron chi connectivity index (χ0n) is 11.8. The summed E-state index contributed by atoms with van der Waals surface area (Å²) in [7, 11) is 1.61. The Morgan fingerprint density at radius 3 is 2.48 bits per heavy atom. The number of halogens is 2. The summed E-state index contributed by atoms with van der Waals surface area (Å²) in [4.78, 5) is 4.31. The molecule has 0 amide bonds. The zero-order chi connectivity index (χ0) is 15.6. The standard InChI is InChI=1S/C15H13Br2N3O/c1-8-4-13(10(7-18)9(2)19-8)20-14-6-15(21-3)12(17)5-11(14)16/h4-6H,1-3H3,(H,19,20). The Hall–Kier alpha value is -1.58. The molecule has 0 fully saturated rings. The molecule has 1 aromatic heterocycles. The fourth-order valence-corrected chi connectivity index (χ4v) is 3.25. The molecule has 0 unspecified atom stereocenters. The van der Waals surface area contributed by atoms with Gasteiger partial charge in [0.1, 0.15) is 11.8 Å². The molecule has 0 saturated carbocycles. The van der Waals surface area contributed by atoms with Gasteiger partial charge in [-0.1, -0.05) is 0 Å². The summed E-state index contributed by atoms with van der Waals surface area (Å²) < 4.78 is 7.02. The molecule has 0 atom stereocenters. The van der Waals surface area contributed by atoms with Gasteiger partial charge in [0.25, 0.3) is 0 Å². The molecule has 0 saturated heterocycles.